The van der Waals surface area contributed by atoms with E-state index in [2.05, 4.69) is 30.6 Å². The summed E-state index contributed by atoms with van der Waals surface area (Å²) in [6.07, 6.45) is 8.89. The first-order valence-corrected chi connectivity index (χ1v) is 15.6. The molecule has 9 nitrogen and oxygen atoms in total. The summed E-state index contributed by atoms with van der Waals surface area (Å²) in [5, 5.41) is 25.9. The van der Waals surface area contributed by atoms with Crippen molar-refractivity contribution in [2.24, 2.45) is 28.6 Å². The van der Waals surface area contributed by atoms with Crippen molar-refractivity contribution in [2.75, 3.05) is 7.11 Å². The van der Waals surface area contributed by atoms with Crippen molar-refractivity contribution in [3.05, 3.63) is 23.3 Å². The smallest absolute Gasteiger partial charge is 0.309 e. The molecule has 2 bridgehead atoms. The van der Waals surface area contributed by atoms with E-state index >= 15 is 0 Å². The van der Waals surface area contributed by atoms with Crippen LogP contribution in [-0.2, 0) is 9.59 Å². The zero-order valence-corrected chi connectivity index (χ0v) is 25.3. The number of benzene rings is 1. The number of fused-ring (bicyclic) bond motifs is 2. The Morgan fingerprint density at radius 2 is 1.60 bits per heavy atom. The maximum absolute atomic E-state index is 13.8. The molecule has 0 aliphatic heterocycles. The number of methoxy groups -OCH3 is 1. The number of amides is 2. The Bertz CT molecular complexity index is 1250. The monoisotopic (exact) mass is 579 g/mol. The Morgan fingerprint density at radius 3 is 2.21 bits per heavy atom. The second kappa shape index (κ2) is 11.8. The minimum Gasteiger partial charge on any atom is -0.496 e. The molecule has 4 aliphatic rings. The Balaban J connectivity index is 1.30. The normalized spacial score (nSPS) is 32.0. The Hall–Kier alpha value is -3.28. The maximum atomic E-state index is 13.8. The predicted molar refractivity (Wildman–Crippen MR) is 156 cm³/mol. The van der Waals surface area contributed by atoms with E-state index < -0.39 is 11.4 Å². The molecule has 0 aromatic heterocycles. The van der Waals surface area contributed by atoms with Crippen molar-refractivity contribution in [3.8, 4) is 17.6 Å². The lowest BCUT2D eigenvalue weighted by Crippen LogP contribution is -2.52. The molecule has 0 unspecified atom stereocenters. The van der Waals surface area contributed by atoms with E-state index in [1.807, 2.05) is 0 Å². The van der Waals surface area contributed by atoms with Crippen molar-refractivity contribution in [1.82, 2.24) is 10.6 Å². The largest absolute Gasteiger partial charge is 0.496 e. The molecule has 0 saturated heterocycles. The third-order valence-electron chi connectivity index (χ3n) is 10.7. The summed E-state index contributed by atoms with van der Waals surface area (Å²) >= 11 is 0. The molecular formula is C33H45N3O6. The Labute approximate surface area is 248 Å². The number of hydrogen-bond acceptors (Lipinski definition) is 6. The van der Waals surface area contributed by atoms with Gasteiger partial charge in [0.1, 0.15) is 17.6 Å². The minimum absolute atomic E-state index is 0.0543. The Kier molecular flexibility index (Phi) is 8.46. The van der Waals surface area contributed by atoms with Crippen LogP contribution in [0.15, 0.2) is 12.1 Å². The van der Waals surface area contributed by atoms with E-state index in [1.165, 1.54) is 13.2 Å². The van der Waals surface area contributed by atoms with Crippen LogP contribution in [-0.4, -0.2) is 48.2 Å². The van der Waals surface area contributed by atoms with Crippen LogP contribution in [0.25, 0.3) is 0 Å². The molecule has 1 aromatic rings. The number of rotatable bonds is 8. The van der Waals surface area contributed by atoms with Gasteiger partial charge in [-0.3, -0.25) is 14.4 Å². The van der Waals surface area contributed by atoms with Crippen LogP contribution in [0.1, 0.15) is 107 Å². The van der Waals surface area contributed by atoms with Crippen molar-refractivity contribution >= 4 is 17.8 Å². The number of aliphatic carboxylic acids is 1. The molecule has 5 rings (SSSR count). The first-order chi connectivity index (χ1) is 19.9. The van der Waals surface area contributed by atoms with Gasteiger partial charge < -0.3 is 25.2 Å². The van der Waals surface area contributed by atoms with Crippen LogP contribution in [0.2, 0.25) is 0 Å². The van der Waals surface area contributed by atoms with E-state index in [1.54, 1.807) is 13.0 Å². The number of carbonyl (C=O) groups is 3. The molecule has 4 aliphatic carbocycles. The van der Waals surface area contributed by atoms with Gasteiger partial charge in [0.15, 0.2) is 0 Å². The van der Waals surface area contributed by atoms with Crippen LogP contribution in [0, 0.1) is 39.9 Å². The molecule has 0 spiro atoms. The van der Waals surface area contributed by atoms with Crippen molar-refractivity contribution in [3.63, 3.8) is 0 Å². The highest BCUT2D eigenvalue weighted by molar-refractivity contribution is 5.98. The molecule has 1 aromatic carbocycles. The summed E-state index contributed by atoms with van der Waals surface area (Å²) in [5.74, 6) is -0.277. The molecule has 4 fully saturated rings. The van der Waals surface area contributed by atoms with Gasteiger partial charge in [0.05, 0.1) is 35.7 Å². The SMILES string of the molecule is COc1cc(C#N)c(OC2CCC(C)(C(=O)O)CC2)cc1C(=O)N[C@@H]1[C@H]2CC[C@H](C2)[C@@H]1C(=O)NC1CCC(C)(C)CC1. The van der Waals surface area contributed by atoms with E-state index in [4.69, 9.17) is 9.47 Å². The lowest BCUT2D eigenvalue weighted by molar-refractivity contribution is -0.150. The second-order valence-electron chi connectivity index (χ2n) is 14.1. The van der Waals surface area contributed by atoms with Crippen molar-refractivity contribution in [2.45, 2.75) is 110 Å². The highest BCUT2D eigenvalue weighted by Crippen LogP contribution is 2.49. The maximum Gasteiger partial charge on any atom is 0.309 e. The highest BCUT2D eigenvalue weighted by Gasteiger charge is 2.52. The zero-order chi connectivity index (χ0) is 30.2. The summed E-state index contributed by atoms with van der Waals surface area (Å²) in [4.78, 5) is 39.0. The summed E-state index contributed by atoms with van der Waals surface area (Å²) < 4.78 is 11.7. The fourth-order valence-corrected chi connectivity index (χ4v) is 7.78. The standard InChI is InChI=1S/C33H45N3O6/c1-32(2)11-7-22(8-12-32)35-30(38)27-19-5-6-20(15-19)28(27)36-29(37)24-17-25(21(18-34)16-26(24)41-4)42-23-9-13-33(3,14-10-23)31(39)40/h16-17,19-20,22-23,27-28H,5-15H2,1-4H3,(H,35,38)(H,36,37)(H,39,40)/t19-,20+,23?,27+,28-,33?/m1/s1. The van der Waals surface area contributed by atoms with Gasteiger partial charge in [-0.15, -0.1) is 0 Å². The van der Waals surface area contributed by atoms with Crippen LogP contribution < -0.4 is 20.1 Å². The minimum atomic E-state index is -0.808. The van der Waals surface area contributed by atoms with Crippen LogP contribution in [0.4, 0.5) is 0 Å². The topological polar surface area (TPSA) is 138 Å². The van der Waals surface area contributed by atoms with Gasteiger partial charge in [0.25, 0.3) is 5.91 Å². The van der Waals surface area contributed by atoms with Gasteiger partial charge in [-0.25, -0.2) is 0 Å². The van der Waals surface area contributed by atoms with Crippen LogP contribution in [0.5, 0.6) is 11.5 Å². The molecule has 4 saturated carbocycles. The van der Waals surface area contributed by atoms with Crippen LogP contribution in [0.3, 0.4) is 0 Å². The zero-order valence-electron chi connectivity index (χ0n) is 25.3. The molecule has 0 heterocycles. The van der Waals surface area contributed by atoms with Gasteiger partial charge in [0, 0.05) is 18.2 Å². The third kappa shape index (κ3) is 6.09. The number of ether oxygens (including phenoxy) is 2. The number of carboxylic acid groups (broad SMARTS) is 1. The first kappa shape index (κ1) is 30.2. The highest BCUT2D eigenvalue weighted by atomic mass is 16.5. The quantitative estimate of drug-likeness (QED) is 0.384. The molecular weight excluding hydrogens is 534 g/mol. The lowest BCUT2D eigenvalue weighted by atomic mass is 9.75. The average molecular weight is 580 g/mol. The molecule has 2 amide bonds. The van der Waals surface area contributed by atoms with Gasteiger partial charge in [-0.05, 0) is 101 Å². The molecule has 0 radical (unpaired) electrons. The van der Waals surface area contributed by atoms with Gasteiger partial charge >= 0.3 is 5.97 Å². The fraction of sp³-hybridized carbons (Fsp3) is 0.697. The van der Waals surface area contributed by atoms with Crippen molar-refractivity contribution in [1.29, 1.82) is 5.26 Å². The van der Waals surface area contributed by atoms with Gasteiger partial charge in [0.2, 0.25) is 5.91 Å². The number of carbonyl (C=O) groups excluding carboxylic acids is 2. The molecule has 228 valence electrons. The number of hydrogen-bond donors (Lipinski definition) is 3. The molecule has 3 N–H and O–H groups in total. The molecule has 4 atom stereocenters. The lowest BCUT2D eigenvalue weighted by Gasteiger charge is -2.37. The van der Waals surface area contributed by atoms with E-state index in [-0.39, 0.29) is 70.4 Å². The van der Waals surface area contributed by atoms with E-state index in [9.17, 15) is 24.8 Å². The van der Waals surface area contributed by atoms with Crippen molar-refractivity contribution < 1.29 is 29.0 Å². The summed E-state index contributed by atoms with van der Waals surface area (Å²) in [6, 6.07) is 5.15. The van der Waals surface area contributed by atoms with Crippen LogP contribution >= 0.6 is 0 Å². The number of nitriles is 1. The predicted octanol–water partition coefficient (Wildman–Crippen LogP) is 5.21. The first-order valence-electron chi connectivity index (χ1n) is 15.6. The summed E-state index contributed by atoms with van der Waals surface area (Å²) in [7, 11) is 1.46. The molecule has 42 heavy (non-hydrogen) atoms. The number of nitrogens with zero attached hydrogens (tertiary/aromatic N) is 1. The van der Waals surface area contributed by atoms with E-state index in [0.717, 1.165) is 44.9 Å². The van der Waals surface area contributed by atoms with Gasteiger partial charge in [-0.1, -0.05) is 13.8 Å². The second-order valence-corrected chi connectivity index (χ2v) is 14.1. The Morgan fingerprint density at radius 1 is 0.929 bits per heavy atom. The number of nitrogens with one attached hydrogen (secondary N) is 2. The summed E-state index contributed by atoms with van der Waals surface area (Å²) in [5.41, 5.74) is 0.0556. The fourth-order valence-electron chi connectivity index (χ4n) is 7.78. The molecule has 9 heteroatoms. The average Bonchev–Trinajstić information content (AvgIpc) is 3.57. The van der Waals surface area contributed by atoms with E-state index in [0.29, 0.717) is 31.1 Å². The summed E-state index contributed by atoms with van der Waals surface area (Å²) in [6.45, 7) is 6.32. The number of carboxylic acids is 1. The van der Waals surface area contributed by atoms with Gasteiger partial charge in [-0.2, -0.15) is 5.26 Å². The third-order valence-corrected chi connectivity index (χ3v) is 10.7.